The Morgan fingerprint density at radius 1 is 1.12 bits per heavy atom. The van der Waals surface area contributed by atoms with Gasteiger partial charge in [-0.2, -0.15) is 9.78 Å². The standard InChI is InChI=1S/C21H23N3O.BrH/c1-16-4-3-12-23(16)13-10-17-6-7-19-15-20(9-8-18(19)14-17)24-21(25)5-2-11-22-24;/h2,5-9,11,14-16H,3-4,10,12-13H2,1H3;1H/t16-;/m1./s1. The Balaban J connectivity index is 0.00000196. The number of aromatic nitrogens is 2. The maximum Gasteiger partial charge on any atom is 0.271 e. The van der Waals surface area contributed by atoms with E-state index in [2.05, 4.69) is 41.2 Å². The van der Waals surface area contributed by atoms with Crippen LogP contribution in [0.3, 0.4) is 0 Å². The first kappa shape index (κ1) is 18.8. The van der Waals surface area contributed by atoms with Crippen molar-refractivity contribution < 1.29 is 0 Å². The first-order valence-electron chi connectivity index (χ1n) is 9.02. The van der Waals surface area contributed by atoms with Crippen LogP contribution in [0.4, 0.5) is 0 Å². The molecule has 0 radical (unpaired) electrons. The SMILES string of the molecule is Br.C[C@@H]1CCCN1CCc1ccc2cc(-n3ncccc3=O)ccc2c1. The third-order valence-electron chi connectivity index (χ3n) is 5.23. The number of rotatable bonds is 4. The Labute approximate surface area is 164 Å². The monoisotopic (exact) mass is 413 g/mol. The summed E-state index contributed by atoms with van der Waals surface area (Å²) in [5, 5.41) is 6.49. The Morgan fingerprint density at radius 2 is 1.92 bits per heavy atom. The molecule has 4 nitrogen and oxygen atoms in total. The van der Waals surface area contributed by atoms with Gasteiger partial charge in [0.1, 0.15) is 0 Å². The van der Waals surface area contributed by atoms with E-state index in [0.717, 1.165) is 30.1 Å². The van der Waals surface area contributed by atoms with Gasteiger partial charge in [-0.1, -0.05) is 24.3 Å². The maximum absolute atomic E-state index is 11.9. The van der Waals surface area contributed by atoms with Crippen LogP contribution in [0.5, 0.6) is 0 Å². The van der Waals surface area contributed by atoms with Crippen LogP contribution in [-0.2, 0) is 6.42 Å². The van der Waals surface area contributed by atoms with Crippen LogP contribution in [0.25, 0.3) is 16.5 Å². The number of halogens is 1. The molecule has 2 aromatic carbocycles. The molecule has 1 atom stereocenters. The van der Waals surface area contributed by atoms with Crippen LogP contribution in [-0.4, -0.2) is 33.8 Å². The molecule has 5 heteroatoms. The van der Waals surface area contributed by atoms with Gasteiger partial charge in [-0.05, 0) is 67.3 Å². The van der Waals surface area contributed by atoms with Crippen LogP contribution >= 0.6 is 17.0 Å². The van der Waals surface area contributed by atoms with Crippen molar-refractivity contribution in [1.82, 2.24) is 14.7 Å². The average Bonchev–Trinajstić information content (AvgIpc) is 3.05. The van der Waals surface area contributed by atoms with Gasteiger partial charge in [0.15, 0.2) is 0 Å². The molecule has 1 fully saturated rings. The third-order valence-corrected chi connectivity index (χ3v) is 5.23. The molecule has 0 unspecified atom stereocenters. The molecule has 0 spiro atoms. The van der Waals surface area contributed by atoms with Crippen LogP contribution in [0.1, 0.15) is 25.3 Å². The minimum atomic E-state index is -0.113. The molecule has 0 amide bonds. The lowest BCUT2D eigenvalue weighted by Crippen LogP contribution is -2.28. The summed E-state index contributed by atoms with van der Waals surface area (Å²) in [6.45, 7) is 4.69. The van der Waals surface area contributed by atoms with Gasteiger partial charge in [0.2, 0.25) is 0 Å². The lowest BCUT2D eigenvalue weighted by Gasteiger charge is -2.20. The molecule has 26 heavy (non-hydrogen) atoms. The van der Waals surface area contributed by atoms with Gasteiger partial charge in [0.05, 0.1) is 5.69 Å². The van der Waals surface area contributed by atoms with Crippen molar-refractivity contribution in [3.05, 3.63) is 70.6 Å². The zero-order chi connectivity index (χ0) is 17.2. The second-order valence-corrected chi connectivity index (χ2v) is 6.92. The highest BCUT2D eigenvalue weighted by molar-refractivity contribution is 8.93. The molecule has 1 aliphatic rings. The molecule has 2 heterocycles. The van der Waals surface area contributed by atoms with Crippen molar-refractivity contribution in [3.8, 4) is 5.69 Å². The average molecular weight is 414 g/mol. The highest BCUT2D eigenvalue weighted by atomic mass is 79.9. The van der Waals surface area contributed by atoms with Crippen LogP contribution in [0.15, 0.2) is 59.5 Å². The molecule has 0 N–H and O–H groups in total. The largest absolute Gasteiger partial charge is 0.300 e. The lowest BCUT2D eigenvalue weighted by molar-refractivity contribution is 0.272. The van der Waals surface area contributed by atoms with Crippen LogP contribution in [0.2, 0.25) is 0 Å². The fraction of sp³-hybridized carbons (Fsp3) is 0.333. The quantitative estimate of drug-likeness (QED) is 0.648. The molecule has 4 rings (SSSR count). The Bertz CT molecular complexity index is 953. The van der Waals surface area contributed by atoms with Crippen molar-refractivity contribution in [3.63, 3.8) is 0 Å². The first-order valence-corrected chi connectivity index (χ1v) is 9.02. The second-order valence-electron chi connectivity index (χ2n) is 6.92. The second kappa shape index (κ2) is 8.14. The number of benzene rings is 2. The van der Waals surface area contributed by atoms with E-state index < -0.39 is 0 Å². The summed E-state index contributed by atoms with van der Waals surface area (Å²) in [7, 11) is 0. The van der Waals surface area contributed by atoms with E-state index in [4.69, 9.17) is 0 Å². The van der Waals surface area contributed by atoms with Crippen molar-refractivity contribution >= 4 is 27.8 Å². The fourth-order valence-electron chi connectivity index (χ4n) is 3.72. The molecule has 136 valence electrons. The van der Waals surface area contributed by atoms with E-state index in [1.54, 1.807) is 12.3 Å². The van der Waals surface area contributed by atoms with E-state index in [-0.39, 0.29) is 22.5 Å². The Kier molecular flexibility index (Phi) is 5.89. The summed E-state index contributed by atoms with van der Waals surface area (Å²) in [6.07, 6.45) is 5.37. The highest BCUT2D eigenvalue weighted by Crippen LogP contribution is 2.21. The minimum Gasteiger partial charge on any atom is -0.300 e. The van der Waals surface area contributed by atoms with E-state index in [1.165, 1.54) is 41.1 Å². The Hall–Kier alpha value is -1.98. The number of nitrogens with zero attached hydrogens (tertiary/aromatic N) is 3. The van der Waals surface area contributed by atoms with Crippen molar-refractivity contribution in [2.24, 2.45) is 0 Å². The van der Waals surface area contributed by atoms with Gasteiger partial charge in [-0.3, -0.25) is 4.79 Å². The van der Waals surface area contributed by atoms with Crippen LogP contribution < -0.4 is 5.56 Å². The van der Waals surface area contributed by atoms with Crippen LogP contribution in [0, 0.1) is 0 Å². The highest BCUT2D eigenvalue weighted by Gasteiger charge is 2.19. The van der Waals surface area contributed by atoms with Crippen molar-refractivity contribution in [2.45, 2.75) is 32.2 Å². The van der Waals surface area contributed by atoms with E-state index in [1.807, 2.05) is 12.1 Å². The van der Waals surface area contributed by atoms with E-state index in [9.17, 15) is 4.79 Å². The third kappa shape index (κ3) is 3.89. The van der Waals surface area contributed by atoms with Gasteiger partial charge in [0, 0.05) is 24.8 Å². The van der Waals surface area contributed by atoms with Gasteiger partial charge in [0.25, 0.3) is 5.56 Å². The first-order chi connectivity index (χ1) is 12.2. The summed E-state index contributed by atoms with van der Waals surface area (Å²) >= 11 is 0. The number of hydrogen-bond acceptors (Lipinski definition) is 3. The zero-order valence-corrected chi connectivity index (χ0v) is 16.7. The van der Waals surface area contributed by atoms with E-state index in [0.29, 0.717) is 0 Å². The molecular weight excluding hydrogens is 390 g/mol. The number of likely N-dealkylation sites (tertiary alicyclic amines) is 1. The fourth-order valence-corrected chi connectivity index (χ4v) is 3.72. The molecule has 1 saturated heterocycles. The molecule has 0 aliphatic carbocycles. The summed E-state index contributed by atoms with van der Waals surface area (Å²) in [4.78, 5) is 14.5. The zero-order valence-electron chi connectivity index (χ0n) is 15.0. The summed E-state index contributed by atoms with van der Waals surface area (Å²) in [6, 6.07) is 16.6. The van der Waals surface area contributed by atoms with Crippen molar-refractivity contribution in [1.29, 1.82) is 0 Å². The molecule has 0 bridgehead atoms. The maximum atomic E-state index is 11.9. The molecule has 0 saturated carbocycles. The predicted molar refractivity (Wildman–Crippen MR) is 112 cm³/mol. The van der Waals surface area contributed by atoms with Gasteiger partial charge in [-0.15, -0.1) is 17.0 Å². The molecule has 3 aromatic rings. The number of fused-ring (bicyclic) bond motifs is 1. The minimum absolute atomic E-state index is 0. The lowest BCUT2D eigenvalue weighted by atomic mass is 10.0. The Morgan fingerprint density at radius 3 is 2.69 bits per heavy atom. The molecular formula is C21H24BrN3O. The summed E-state index contributed by atoms with van der Waals surface area (Å²) in [5.41, 5.74) is 2.06. The van der Waals surface area contributed by atoms with Crippen molar-refractivity contribution in [2.75, 3.05) is 13.1 Å². The number of hydrogen-bond donors (Lipinski definition) is 0. The van der Waals surface area contributed by atoms with Gasteiger partial charge >= 0.3 is 0 Å². The topological polar surface area (TPSA) is 38.1 Å². The smallest absolute Gasteiger partial charge is 0.271 e. The summed E-state index contributed by atoms with van der Waals surface area (Å²) < 4.78 is 1.43. The summed E-state index contributed by atoms with van der Waals surface area (Å²) in [5.74, 6) is 0. The normalized spacial score (nSPS) is 17.3. The molecule has 1 aliphatic heterocycles. The van der Waals surface area contributed by atoms with Gasteiger partial charge < -0.3 is 4.90 Å². The predicted octanol–water partition coefficient (Wildman–Crippen LogP) is 3.99. The molecule has 1 aromatic heterocycles. The van der Waals surface area contributed by atoms with Gasteiger partial charge in [-0.25, -0.2) is 0 Å². The van der Waals surface area contributed by atoms with E-state index >= 15 is 0 Å².